The molecule has 2 heteroatoms. The Bertz CT molecular complexity index is 98.5. The maximum absolute atomic E-state index is 2.82. The average Bonchev–Trinajstić information content (AvgIpc) is 2.18. The summed E-state index contributed by atoms with van der Waals surface area (Å²) < 4.78 is 0. The molecule has 0 rings (SSSR count). The lowest BCUT2D eigenvalue weighted by atomic mass is 10.2. The largest absolute Gasteiger partial charge is 0.138 e. The predicted molar refractivity (Wildman–Crippen MR) is 75.1 cm³/mol. The topological polar surface area (TPSA) is 0 Å². The van der Waals surface area contributed by atoms with E-state index in [1.54, 1.807) is 6.16 Å². The Hall–Kier alpha value is 0.860. The van der Waals surface area contributed by atoms with Gasteiger partial charge in [-0.1, -0.05) is 39.5 Å². The summed E-state index contributed by atoms with van der Waals surface area (Å²) in [5, 5.41) is 0. The molecule has 0 saturated heterocycles. The number of hydrogen-bond acceptors (Lipinski definition) is 0. The molecule has 0 radical (unpaired) electrons. The van der Waals surface area contributed by atoms with Crippen molar-refractivity contribution in [1.29, 1.82) is 0 Å². The van der Waals surface area contributed by atoms with E-state index in [0.29, 0.717) is 7.92 Å². The number of rotatable bonds is 10. The van der Waals surface area contributed by atoms with E-state index < -0.39 is 0 Å². The highest BCUT2D eigenvalue weighted by Crippen LogP contribution is 2.37. The van der Waals surface area contributed by atoms with Crippen LogP contribution in [-0.4, -0.2) is 24.6 Å². The van der Waals surface area contributed by atoms with Crippen LogP contribution in [0.2, 0.25) is 0 Å². The van der Waals surface area contributed by atoms with Crippen LogP contribution in [0.4, 0.5) is 0 Å². The number of hydrogen-bond donors (Lipinski definition) is 0. The molecule has 1 atom stereocenters. The predicted octanol–water partition coefficient (Wildman–Crippen LogP) is 4.72. The van der Waals surface area contributed by atoms with Crippen molar-refractivity contribution in [2.45, 2.75) is 52.4 Å². The van der Waals surface area contributed by atoms with E-state index in [1.165, 1.54) is 57.0 Å². The van der Waals surface area contributed by atoms with Crippen LogP contribution in [0, 0.1) is 0 Å². The first-order chi connectivity index (χ1) is 6.85. The van der Waals surface area contributed by atoms with E-state index in [2.05, 4.69) is 23.1 Å². The van der Waals surface area contributed by atoms with Crippen LogP contribution in [0.15, 0.2) is 0 Å². The molecule has 0 nitrogen and oxygen atoms in total. The van der Waals surface area contributed by atoms with E-state index >= 15 is 0 Å². The molecule has 0 bridgehead atoms. The van der Waals surface area contributed by atoms with Crippen LogP contribution in [0.5, 0.6) is 0 Å². The van der Waals surface area contributed by atoms with Gasteiger partial charge in [-0.05, 0) is 37.5 Å². The van der Waals surface area contributed by atoms with Crippen molar-refractivity contribution < 1.29 is 0 Å². The molecule has 0 saturated carbocycles. The second-order valence-corrected chi connectivity index (χ2v) is 7.31. The molecule has 0 heterocycles. The van der Waals surface area contributed by atoms with E-state index in [1.807, 2.05) is 0 Å². The Balaban J connectivity index is 3.30. The SMILES string of the molecule is CCCP(CCC)CCCCCCP. The van der Waals surface area contributed by atoms with Gasteiger partial charge in [0.2, 0.25) is 0 Å². The van der Waals surface area contributed by atoms with E-state index in [9.17, 15) is 0 Å². The second kappa shape index (κ2) is 11.9. The fourth-order valence-corrected chi connectivity index (χ4v) is 4.70. The first kappa shape index (κ1) is 14.9. The van der Waals surface area contributed by atoms with Gasteiger partial charge in [-0.3, -0.25) is 0 Å². The minimum absolute atomic E-state index is 0.413. The standard InChI is InChI=1S/C12H28P2/c1-3-10-14(11-4-2)12-8-6-5-7-9-13/h3-13H2,1-2H3. The fourth-order valence-electron chi connectivity index (χ4n) is 1.80. The van der Waals surface area contributed by atoms with Crippen LogP contribution < -0.4 is 0 Å². The van der Waals surface area contributed by atoms with Crippen LogP contribution in [0.3, 0.4) is 0 Å². The molecule has 0 fully saturated rings. The van der Waals surface area contributed by atoms with Gasteiger partial charge in [0.05, 0.1) is 0 Å². The summed E-state index contributed by atoms with van der Waals surface area (Å²) in [7, 11) is 3.24. The highest BCUT2D eigenvalue weighted by molar-refractivity contribution is 7.57. The Morgan fingerprint density at radius 3 is 1.86 bits per heavy atom. The molecule has 0 aromatic carbocycles. The monoisotopic (exact) mass is 234 g/mol. The summed E-state index contributed by atoms with van der Waals surface area (Å²) in [6.07, 6.45) is 14.5. The molecule has 1 unspecified atom stereocenters. The Morgan fingerprint density at radius 1 is 0.786 bits per heavy atom. The lowest BCUT2D eigenvalue weighted by Crippen LogP contribution is -1.94. The molecule has 0 aromatic heterocycles. The molecule has 0 aliphatic carbocycles. The summed E-state index contributed by atoms with van der Waals surface area (Å²) in [5.74, 6) is 0. The van der Waals surface area contributed by atoms with Crippen LogP contribution >= 0.6 is 17.2 Å². The molecular formula is C12H28P2. The van der Waals surface area contributed by atoms with Crippen molar-refractivity contribution in [1.82, 2.24) is 0 Å². The van der Waals surface area contributed by atoms with Crippen molar-refractivity contribution in [2.75, 3.05) is 24.6 Å². The van der Waals surface area contributed by atoms with Crippen molar-refractivity contribution in [3.63, 3.8) is 0 Å². The average molecular weight is 234 g/mol. The summed E-state index contributed by atoms with van der Waals surface area (Å²) >= 11 is 0. The maximum Gasteiger partial charge on any atom is -0.0326 e. The maximum atomic E-state index is 2.82. The van der Waals surface area contributed by atoms with E-state index in [0.717, 1.165) is 0 Å². The van der Waals surface area contributed by atoms with Gasteiger partial charge in [-0.15, -0.1) is 17.2 Å². The zero-order valence-electron chi connectivity index (χ0n) is 10.1. The van der Waals surface area contributed by atoms with Crippen molar-refractivity contribution in [2.24, 2.45) is 0 Å². The van der Waals surface area contributed by atoms with Gasteiger partial charge in [0.25, 0.3) is 0 Å². The third-order valence-electron chi connectivity index (χ3n) is 2.51. The minimum atomic E-state index is 0.413. The first-order valence-electron chi connectivity index (χ1n) is 6.27. The summed E-state index contributed by atoms with van der Waals surface area (Å²) in [6.45, 7) is 4.67. The van der Waals surface area contributed by atoms with Gasteiger partial charge >= 0.3 is 0 Å². The molecule has 0 aliphatic heterocycles. The smallest absolute Gasteiger partial charge is 0.0326 e. The molecule has 0 aliphatic rings. The zero-order valence-corrected chi connectivity index (χ0v) is 12.1. The lowest BCUT2D eigenvalue weighted by molar-refractivity contribution is 0.708. The summed E-state index contributed by atoms with van der Waals surface area (Å²) in [6, 6.07) is 0. The Labute approximate surface area is 94.6 Å². The molecular weight excluding hydrogens is 206 g/mol. The molecule has 0 amide bonds. The van der Waals surface area contributed by atoms with Crippen LogP contribution in [0.1, 0.15) is 52.4 Å². The fraction of sp³-hybridized carbons (Fsp3) is 1.00. The van der Waals surface area contributed by atoms with Crippen molar-refractivity contribution >= 4 is 17.2 Å². The number of unbranched alkanes of at least 4 members (excludes halogenated alkanes) is 3. The Morgan fingerprint density at radius 2 is 1.36 bits per heavy atom. The van der Waals surface area contributed by atoms with Crippen molar-refractivity contribution in [3.8, 4) is 0 Å². The van der Waals surface area contributed by atoms with Crippen molar-refractivity contribution in [3.05, 3.63) is 0 Å². The Kier molecular flexibility index (Phi) is 12.7. The quantitative estimate of drug-likeness (QED) is 0.379. The van der Waals surface area contributed by atoms with Crippen LogP contribution in [-0.2, 0) is 0 Å². The third kappa shape index (κ3) is 9.42. The third-order valence-corrected chi connectivity index (χ3v) is 6.02. The van der Waals surface area contributed by atoms with E-state index in [-0.39, 0.29) is 0 Å². The normalized spacial score (nSPS) is 11.1. The van der Waals surface area contributed by atoms with Gasteiger partial charge in [0, 0.05) is 0 Å². The molecule has 0 aromatic rings. The molecule has 86 valence electrons. The minimum Gasteiger partial charge on any atom is -0.138 e. The zero-order chi connectivity index (χ0) is 10.6. The second-order valence-electron chi connectivity index (χ2n) is 4.04. The van der Waals surface area contributed by atoms with Crippen LogP contribution in [0.25, 0.3) is 0 Å². The molecule has 0 spiro atoms. The van der Waals surface area contributed by atoms with Gasteiger partial charge in [-0.25, -0.2) is 0 Å². The molecule has 14 heavy (non-hydrogen) atoms. The summed E-state index contributed by atoms with van der Waals surface area (Å²) in [5.41, 5.74) is 0. The van der Waals surface area contributed by atoms with Gasteiger partial charge in [0.1, 0.15) is 0 Å². The van der Waals surface area contributed by atoms with Gasteiger partial charge in [0.15, 0.2) is 0 Å². The highest BCUT2D eigenvalue weighted by Gasteiger charge is 2.04. The summed E-state index contributed by atoms with van der Waals surface area (Å²) in [4.78, 5) is 0. The lowest BCUT2D eigenvalue weighted by Gasteiger charge is -2.15. The van der Waals surface area contributed by atoms with Gasteiger partial charge < -0.3 is 0 Å². The molecule has 0 N–H and O–H groups in total. The van der Waals surface area contributed by atoms with E-state index in [4.69, 9.17) is 0 Å². The highest BCUT2D eigenvalue weighted by atomic mass is 31.1. The van der Waals surface area contributed by atoms with Gasteiger partial charge in [-0.2, -0.15) is 0 Å². The first-order valence-corrected chi connectivity index (χ1v) is 8.99.